The molecule has 0 saturated carbocycles. The van der Waals surface area contributed by atoms with Gasteiger partial charge in [-0.3, -0.25) is 9.59 Å². The molecule has 0 unspecified atom stereocenters. The Balaban J connectivity index is 3.21. The highest BCUT2D eigenvalue weighted by atomic mass is 32.2. The molecule has 0 spiro atoms. The molecule has 0 heterocycles. The zero-order valence-electron chi connectivity index (χ0n) is 9.36. The fourth-order valence-electron chi connectivity index (χ4n) is 1.34. The molecule has 0 N–H and O–H groups in total. The minimum atomic E-state index is 0.674. The molecule has 0 amide bonds. The van der Waals surface area contributed by atoms with Gasteiger partial charge in [-0.1, -0.05) is 13.8 Å². The van der Waals surface area contributed by atoms with Crippen molar-refractivity contribution >= 4 is 36.1 Å². The van der Waals surface area contributed by atoms with E-state index in [2.05, 4.69) is 0 Å². The predicted octanol–water partition coefficient (Wildman–Crippen LogP) is 3.54. The van der Waals surface area contributed by atoms with Gasteiger partial charge in [-0.2, -0.15) is 0 Å². The summed E-state index contributed by atoms with van der Waals surface area (Å²) in [6.45, 7) is 4.04. The molecule has 0 aromatic heterocycles. The van der Waals surface area contributed by atoms with E-state index in [1.807, 2.05) is 26.0 Å². The summed E-state index contributed by atoms with van der Waals surface area (Å²) >= 11 is 3.17. The third-order valence-corrected chi connectivity index (χ3v) is 3.90. The zero-order chi connectivity index (χ0) is 12.0. The molecule has 1 aromatic carbocycles. The van der Waals surface area contributed by atoms with Crippen LogP contribution in [0.4, 0.5) is 0 Å². The van der Waals surface area contributed by atoms with E-state index in [0.717, 1.165) is 33.9 Å². The van der Waals surface area contributed by atoms with Crippen LogP contribution in [-0.2, 0) is 0 Å². The van der Waals surface area contributed by atoms with Gasteiger partial charge in [-0.25, -0.2) is 0 Å². The van der Waals surface area contributed by atoms with Crippen LogP contribution in [0.1, 0.15) is 34.6 Å². The Morgan fingerprint density at radius 1 is 0.938 bits per heavy atom. The molecule has 1 rings (SSSR count). The molecule has 16 heavy (non-hydrogen) atoms. The summed E-state index contributed by atoms with van der Waals surface area (Å²) in [5.74, 6) is 1.78. The van der Waals surface area contributed by atoms with Crippen molar-refractivity contribution in [3.05, 3.63) is 23.3 Å². The molecule has 86 valence electrons. The third-order valence-electron chi connectivity index (χ3n) is 2.00. The van der Waals surface area contributed by atoms with E-state index in [9.17, 15) is 9.59 Å². The summed E-state index contributed by atoms with van der Waals surface area (Å²) in [6.07, 6.45) is 1.71. The second-order valence-electron chi connectivity index (χ2n) is 3.03. The third kappa shape index (κ3) is 3.12. The van der Waals surface area contributed by atoms with Crippen LogP contribution >= 0.6 is 23.5 Å². The number of benzene rings is 1. The molecule has 0 atom stereocenters. The molecule has 0 aliphatic rings. The molecule has 0 aliphatic heterocycles. The maximum Gasteiger partial charge on any atom is 0.151 e. The van der Waals surface area contributed by atoms with Crippen molar-refractivity contribution in [3.8, 4) is 0 Å². The number of carbonyl (C=O) groups is 2. The molecule has 2 nitrogen and oxygen atoms in total. The van der Waals surface area contributed by atoms with Gasteiger partial charge in [0.15, 0.2) is 12.6 Å². The summed E-state index contributed by atoms with van der Waals surface area (Å²) < 4.78 is 0. The first kappa shape index (κ1) is 13.3. The molecule has 0 fully saturated rings. The lowest BCUT2D eigenvalue weighted by Crippen LogP contribution is -1.93. The van der Waals surface area contributed by atoms with Gasteiger partial charge in [0, 0.05) is 20.9 Å². The molecule has 0 saturated heterocycles. The first-order valence-electron chi connectivity index (χ1n) is 5.10. The van der Waals surface area contributed by atoms with E-state index >= 15 is 0 Å². The molecule has 0 radical (unpaired) electrons. The van der Waals surface area contributed by atoms with Crippen LogP contribution in [-0.4, -0.2) is 24.1 Å². The van der Waals surface area contributed by atoms with Gasteiger partial charge in [0.25, 0.3) is 0 Å². The predicted molar refractivity (Wildman–Crippen MR) is 70.0 cm³/mol. The van der Waals surface area contributed by atoms with Gasteiger partial charge in [-0.05, 0) is 23.6 Å². The van der Waals surface area contributed by atoms with E-state index in [0.29, 0.717) is 11.1 Å². The van der Waals surface area contributed by atoms with Gasteiger partial charge in [0.05, 0.1) is 0 Å². The Bertz CT molecular complexity index is 351. The van der Waals surface area contributed by atoms with Crippen molar-refractivity contribution in [3.63, 3.8) is 0 Å². The Labute approximate surface area is 104 Å². The fraction of sp³-hybridized carbons (Fsp3) is 0.333. The standard InChI is InChI=1S/C12H14O2S2/c1-3-15-11-5-10(8-14)12(16-4-2)6-9(11)7-13/h5-8H,3-4H2,1-2H3. The quantitative estimate of drug-likeness (QED) is 0.574. The SMILES string of the molecule is CCSc1cc(C=O)c(SCC)cc1C=O. The summed E-state index contributed by atoms with van der Waals surface area (Å²) in [4.78, 5) is 23.7. The van der Waals surface area contributed by atoms with Crippen molar-refractivity contribution in [1.82, 2.24) is 0 Å². The van der Waals surface area contributed by atoms with Crippen LogP contribution in [0.2, 0.25) is 0 Å². The number of aldehydes is 2. The van der Waals surface area contributed by atoms with Crippen molar-refractivity contribution in [2.24, 2.45) is 0 Å². The largest absolute Gasteiger partial charge is 0.298 e. The first-order chi connectivity index (χ1) is 7.76. The van der Waals surface area contributed by atoms with E-state index in [-0.39, 0.29) is 0 Å². The second-order valence-corrected chi connectivity index (χ2v) is 5.64. The van der Waals surface area contributed by atoms with E-state index in [1.54, 1.807) is 23.5 Å². The van der Waals surface area contributed by atoms with Crippen molar-refractivity contribution < 1.29 is 9.59 Å². The molecular formula is C12H14O2S2. The summed E-state index contributed by atoms with van der Waals surface area (Å²) in [6, 6.07) is 3.62. The highest BCUT2D eigenvalue weighted by molar-refractivity contribution is 7.99. The Morgan fingerprint density at radius 2 is 1.31 bits per heavy atom. The Morgan fingerprint density at radius 3 is 1.56 bits per heavy atom. The first-order valence-corrected chi connectivity index (χ1v) is 7.07. The maximum atomic E-state index is 10.9. The minimum absolute atomic E-state index is 0.674. The van der Waals surface area contributed by atoms with Gasteiger partial charge < -0.3 is 0 Å². The van der Waals surface area contributed by atoms with Gasteiger partial charge in [0.1, 0.15) is 0 Å². The van der Waals surface area contributed by atoms with Crippen molar-refractivity contribution in [1.29, 1.82) is 0 Å². The minimum Gasteiger partial charge on any atom is -0.298 e. The van der Waals surface area contributed by atoms with Crippen molar-refractivity contribution in [2.45, 2.75) is 23.6 Å². The number of hydrogen-bond acceptors (Lipinski definition) is 4. The molecule has 4 heteroatoms. The monoisotopic (exact) mass is 254 g/mol. The summed E-state index contributed by atoms with van der Waals surface area (Å²) in [7, 11) is 0. The molecule has 1 aromatic rings. The normalized spacial score (nSPS) is 10.1. The van der Waals surface area contributed by atoms with Crippen LogP contribution in [0.15, 0.2) is 21.9 Å². The smallest absolute Gasteiger partial charge is 0.151 e. The summed E-state index contributed by atoms with van der Waals surface area (Å²) in [5, 5.41) is 0. The maximum absolute atomic E-state index is 10.9. The lowest BCUT2D eigenvalue weighted by Gasteiger charge is -2.08. The van der Waals surface area contributed by atoms with Crippen LogP contribution in [0, 0.1) is 0 Å². The molecule has 0 bridgehead atoms. The van der Waals surface area contributed by atoms with Crippen LogP contribution in [0.25, 0.3) is 0 Å². The fourth-order valence-corrected chi connectivity index (χ4v) is 2.93. The number of thioether (sulfide) groups is 2. The van der Waals surface area contributed by atoms with Gasteiger partial charge in [-0.15, -0.1) is 23.5 Å². The highest BCUT2D eigenvalue weighted by Gasteiger charge is 2.09. The lowest BCUT2D eigenvalue weighted by molar-refractivity contribution is 0.110. The van der Waals surface area contributed by atoms with Gasteiger partial charge >= 0.3 is 0 Å². The highest BCUT2D eigenvalue weighted by Crippen LogP contribution is 2.29. The summed E-state index contributed by atoms with van der Waals surface area (Å²) in [5.41, 5.74) is 1.35. The lowest BCUT2D eigenvalue weighted by atomic mass is 10.1. The number of hydrogen-bond donors (Lipinski definition) is 0. The van der Waals surface area contributed by atoms with E-state index in [4.69, 9.17) is 0 Å². The Kier molecular flexibility index (Phi) is 5.63. The molecular weight excluding hydrogens is 240 g/mol. The van der Waals surface area contributed by atoms with Crippen LogP contribution < -0.4 is 0 Å². The number of rotatable bonds is 6. The van der Waals surface area contributed by atoms with Gasteiger partial charge in [0.2, 0.25) is 0 Å². The average Bonchev–Trinajstić information content (AvgIpc) is 2.31. The van der Waals surface area contributed by atoms with Crippen LogP contribution in [0.5, 0.6) is 0 Å². The zero-order valence-corrected chi connectivity index (χ0v) is 11.0. The average molecular weight is 254 g/mol. The molecule has 0 aliphatic carbocycles. The topological polar surface area (TPSA) is 34.1 Å². The Hall–Kier alpha value is -0.740. The number of carbonyl (C=O) groups excluding carboxylic acids is 2. The van der Waals surface area contributed by atoms with Crippen LogP contribution in [0.3, 0.4) is 0 Å². The van der Waals surface area contributed by atoms with E-state index < -0.39 is 0 Å². The van der Waals surface area contributed by atoms with E-state index in [1.165, 1.54) is 0 Å². The second kappa shape index (κ2) is 6.76. The van der Waals surface area contributed by atoms with Crippen molar-refractivity contribution in [2.75, 3.05) is 11.5 Å².